The summed E-state index contributed by atoms with van der Waals surface area (Å²) >= 11 is 0. The van der Waals surface area contributed by atoms with E-state index in [0.717, 1.165) is 35.6 Å². The molecule has 1 aliphatic heterocycles. The highest BCUT2D eigenvalue weighted by Gasteiger charge is 2.30. The highest BCUT2D eigenvalue weighted by Crippen LogP contribution is 2.30. The zero-order chi connectivity index (χ0) is 23.4. The van der Waals surface area contributed by atoms with Crippen LogP contribution in [-0.2, 0) is 12.6 Å². The topological polar surface area (TPSA) is 61.4 Å². The molecule has 6 nitrogen and oxygen atoms in total. The van der Waals surface area contributed by atoms with Crippen molar-refractivity contribution in [3.63, 3.8) is 0 Å². The number of aromatic nitrogens is 2. The molecule has 0 unspecified atom stereocenters. The Morgan fingerprint density at radius 2 is 1.70 bits per heavy atom. The van der Waals surface area contributed by atoms with Crippen LogP contribution >= 0.6 is 0 Å². The van der Waals surface area contributed by atoms with Gasteiger partial charge in [-0.15, -0.1) is 10.2 Å². The minimum absolute atomic E-state index is 0.116. The first-order valence-electron chi connectivity index (χ1n) is 10.7. The van der Waals surface area contributed by atoms with Gasteiger partial charge in [-0.3, -0.25) is 0 Å². The van der Waals surface area contributed by atoms with Gasteiger partial charge in [-0.1, -0.05) is 37.3 Å². The molecular formula is C24H24F3N5O. The number of piperazine rings is 1. The summed E-state index contributed by atoms with van der Waals surface area (Å²) in [6.45, 7) is 4.06. The number of nitrogens with zero attached hydrogens (tertiary/aromatic N) is 4. The Kier molecular flexibility index (Phi) is 6.48. The van der Waals surface area contributed by atoms with Crippen molar-refractivity contribution in [2.24, 2.45) is 0 Å². The summed E-state index contributed by atoms with van der Waals surface area (Å²) in [7, 11) is 0. The van der Waals surface area contributed by atoms with E-state index in [2.05, 4.69) is 34.6 Å². The molecule has 0 saturated carbocycles. The van der Waals surface area contributed by atoms with Gasteiger partial charge in [0.25, 0.3) is 0 Å². The molecule has 3 aromatic rings. The first-order chi connectivity index (χ1) is 15.8. The lowest BCUT2D eigenvalue weighted by Gasteiger charge is -2.35. The lowest BCUT2D eigenvalue weighted by molar-refractivity contribution is -0.137. The van der Waals surface area contributed by atoms with Crippen LogP contribution in [0.25, 0.3) is 11.3 Å². The summed E-state index contributed by atoms with van der Waals surface area (Å²) in [5, 5.41) is 11.2. The number of anilines is 2. The van der Waals surface area contributed by atoms with Crippen LogP contribution in [0, 0.1) is 0 Å². The predicted molar refractivity (Wildman–Crippen MR) is 121 cm³/mol. The second-order valence-corrected chi connectivity index (χ2v) is 7.81. The van der Waals surface area contributed by atoms with Crippen LogP contribution < -0.4 is 10.2 Å². The Bertz CT molecular complexity index is 1090. The number of hydrogen-bond donors (Lipinski definition) is 1. The number of amides is 2. The van der Waals surface area contributed by atoms with Crippen molar-refractivity contribution in [2.45, 2.75) is 19.5 Å². The Balaban J connectivity index is 1.33. The quantitative estimate of drug-likeness (QED) is 0.596. The second-order valence-electron chi connectivity index (χ2n) is 7.81. The molecule has 0 radical (unpaired) electrons. The van der Waals surface area contributed by atoms with Gasteiger partial charge in [0.1, 0.15) is 0 Å². The van der Waals surface area contributed by atoms with Gasteiger partial charge in [-0.05, 0) is 42.3 Å². The summed E-state index contributed by atoms with van der Waals surface area (Å²) < 4.78 is 38.6. The number of nitrogens with one attached hydrogen (secondary N) is 1. The standard InChI is InChI=1S/C24H24F3N5O/c1-2-17-6-8-18(9-7-17)21-10-11-22(30-29-21)31-12-14-32(15-13-31)23(33)28-20-5-3-4-19(16-20)24(25,26)27/h3-11,16H,2,12-15H2,1H3,(H,28,33). The van der Waals surface area contributed by atoms with E-state index in [1.165, 1.54) is 17.7 Å². The molecule has 0 atom stereocenters. The summed E-state index contributed by atoms with van der Waals surface area (Å²) in [6, 6.07) is 16.3. The maximum Gasteiger partial charge on any atom is 0.416 e. The maximum absolute atomic E-state index is 12.9. The summed E-state index contributed by atoms with van der Waals surface area (Å²) in [4.78, 5) is 16.1. The number of benzene rings is 2. The van der Waals surface area contributed by atoms with Crippen molar-refractivity contribution in [2.75, 3.05) is 36.4 Å². The van der Waals surface area contributed by atoms with Crippen LogP contribution in [0.5, 0.6) is 0 Å². The number of carbonyl (C=O) groups excluding carboxylic acids is 1. The fourth-order valence-corrected chi connectivity index (χ4v) is 3.67. The number of carbonyl (C=O) groups is 1. The van der Waals surface area contributed by atoms with Gasteiger partial charge in [-0.25, -0.2) is 4.79 Å². The Labute approximate surface area is 190 Å². The average Bonchev–Trinajstić information content (AvgIpc) is 2.84. The zero-order valence-corrected chi connectivity index (χ0v) is 18.1. The van der Waals surface area contributed by atoms with E-state index in [0.29, 0.717) is 26.2 Å². The van der Waals surface area contributed by atoms with E-state index in [-0.39, 0.29) is 5.69 Å². The third-order valence-corrected chi connectivity index (χ3v) is 5.64. The molecule has 4 rings (SSSR count). The van der Waals surface area contributed by atoms with Crippen LogP contribution in [0.4, 0.5) is 29.5 Å². The van der Waals surface area contributed by atoms with E-state index in [9.17, 15) is 18.0 Å². The number of alkyl halides is 3. The maximum atomic E-state index is 12.9. The van der Waals surface area contributed by atoms with Crippen molar-refractivity contribution in [3.05, 3.63) is 71.8 Å². The molecule has 9 heteroatoms. The SMILES string of the molecule is CCc1ccc(-c2ccc(N3CCN(C(=O)Nc4cccc(C(F)(F)F)c4)CC3)nn2)cc1. The molecule has 1 fully saturated rings. The molecule has 1 aliphatic rings. The van der Waals surface area contributed by atoms with E-state index in [1.54, 1.807) is 4.90 Å². The normalized spacial score (nSPS) is 14.3. The highest BCUT2D eigenvalue weighted by atomic mass is 19.4. The first kappa shape index (κ1) is 22.6. The van der Waals surface area contributed by atoms with Crippen molar-refractivity contribution in [1.29, 1.82) is 0 Å². The van der Waals surface area contributed by atoms with E-state index < -0.39 is 17.8 Å². The van der Waals surface area contributed by atoms with Gasteiger partial charge < -0.3 is 15.1 Å². The van der Waals surface area contributed by atoms with Gasteiger partial charge in [-0.2, -0.15) is 13.2 Å². The van der Waals surface area contributed by atoms with Gasteiger partial charge in [0.2, 0.25) is 0 Å². The minimum atomic E-state index is -4.46. The molecule has 2 aromatic carbocycles. The van der Waals surface area contributed by atoms with E-state index in [4.69, 9.17) is 0 Å². The smallest absolute Gasteiger partial charge is 0.352 e. The first-order valence-corrected chi connectivity index (χ1v) is 10.7. The van der Waals surface area contributed by atoms with E-state index >= 15 is 0 Å². The lowest BCUT2D eigenvalue weighted by atomic mass is 10.1. The number of rotatable bonds is 4. The van der Waals surface area contributed by atoms with Gasteiger partial charge in [0.05, 0.1) is 11.3 Å². The van der Waals surface area contributed by atoms with Crippen LogP contribution in [0.3, 0.4) is 0 Å². The largest absolute Gasteiger partial charge is 0.416 e. The van der Waals surface area contributed by atoms with Gasteiger partial charge >= 0.3 is 12.2 Å². The molecule has 0 bridgehead atoms. The van der Waals surface area contributed by atoms with Crippen LogP contribution in [0.2, 0.25) is 0 Å². The zero-order valence-electron chi connectivity index (χ0n) is 18.1. The Morgan fingerprint density at radius 3 is 2.30 bits per heavy atom. The molecule has 0 aliphatic carbocycles. The van der Waals surface area contributed by atoms with Crippen molar-refractivity contribution in [3.8, 4) is 11.3 Å². The molecule has 1 aromatic heterocycles. The molecule has 1 N–H and O–H groups in total. The van der Waals surface area contributed by atoms with Crippen molar-refractivity contribution < 1.29 is 18.0 Å². The molecule has 1 saturated heterocycles. The van der Waals surface area contributed by atoms with Crippen LogP contribution in [0.15, 0.2) is 60.7 Å². The summed E-state index contributed by atoms with van der Waals surface area (Å²) in [6.07, 6.45) is -3.48. The van der Waals surface area contributed by atoms with Crippen molar-refractivity contribution in [1.82, 2.24) is 15.1 Å². The monoisotopic (exact) mass is 455 g/mol. The number of aryl methyl sites for hydroxylation is 1. The van der Waals surface area contributed by atoms with Crippen LogP contribution in [-0.4, -0.2) is 47.3 Å². The van der Waals surface area contributed by atoms with Gasteiger partial charge in [0.15, 0.2) is 5.82 Å². The minimum Gasteiger partial charge on any atom is -0.352 e. The molecule has 2 heterocycles. The molecule has 172 valence electrons. The Hall–Kier alpha value is -3.62. The van der Waals surface area contributed by atoms with Crippen molar-refractivity contribution >= 4 is 17.5 Å². The highest BCUT2D eigenvalue weighted by molar-refractivity contribution is 5.89. The fraction of sp³-hybridized carbons (Fsp3) is 0.292. The third-order valence-electron chi connectivity index (χ3n) is 5.64. The molecule has 33 heavy (non-hydrogen) atoms. The third kappa shape index (κ3) is 5.42. The fourth-order valence-electron chi connectivity index (χ4n) is 3.67. The molecular weight excluding hydrogens is 431 g/mol. The van der Waals surface area contributed by atoms with Crippen LogP contribution in [0.1, 0.15) is 18.1 Å². The predicted octanol–water partition coefficient (Wildman–Crippen LogP) is 5.08. The summed E-state index contributed by atoms with van der Waals surface area (Å²) in [5.74, 6) is 0.724. The van der Waals surface area contributed by atoms with Gasteiger partial charge in [0, 0.05) is 37.4 Å². The molecule has 0 spiro atoms. The number of urea groups is 1. The summed E-state index contributed by atoms with van der Waals surface area (Å²) in [5.41, 5.74) is 2.38. The van der Waals surface area contributed by atoms with E-state index in [1.807, 2.05) is 29.2 Å². The number of halogens is 3. The molecule has 2 amide bonds. The second kappa shape index (κ2) is 9.48. The Morgan fingerprint density at radius 1 is 0.970 bits per heavy atom. The average molecular weight is 455 g/mol. The lowest BCUT2D eigenvalue weighted by Crippen LogP contribution is -2.50. The number of hydrogen-bond acceptors (Lipinski definition) is 4.